The molecule has 0 saturated heterocycles. The van der Waals surface area contributed by atoms with Crippen molar-refractivity contribution in [3.63, 3.8) is 0 Å². The number of benzene rings is 1. The maximum Gasteiger partial charge on any atom is 0.419 e. The van der Waals surface area contributed by atoms with Gasteiger partial charge in [0.2, 0.25) is 0 Å². The minimum Gasteiger partial charge on any atom is -0.425 e. The Hall–Kier alpha value is -2.18. The second kappa shape index (κ2) is 4.25. The van der Waals surface area contributed by atoms with E-state index in [1.807, 2.05) is 0 Å². The first-order valence-electron chi connectivity index (χ1n) is 5.01. The summed E-state index contributed by atoms with van der Waals surface area (Å²) in [6.07, 6.45) is -3.17. The number of nitrogen functional groups attached to an aromatic ring is 1. The molecule has 0 aliphatic heterocycles. The molecule has 0 fully saturated rings. The van der Waals surface area contributed by atoms with E-state index in [1.165, 1.54) is 29.0 Å². The van der Waals surface area contributed by atoms with Crippen LogP contribution in [0.5, 0.6) is 11.8 Å². The van der Waals surface area contributed by atoms with E-state index in [2.05, 4.69) is 4.98 Å². The Morgan fingerprint density at radius 2 is 1.94 bits per heavy atom. The summed E-state index contributed by atoms with van der Waals surface area (Å²) in [5.41, 5.74) is 4.66. The second-order valence-corrected chi connectivity index (χ2v) is 3.62. The van der Waals surface area contributed by atoms with E-state index in [4.69, 9.17) is 10.5 Å². The minimum absolute atomic E-state index is 0.00389. The van der Waals surface area contributed by atoms with Crippen LogP contribution < -0.4 is 10.5 Å². The molecule has 0 bridgehead atoms. The lowest BCUT2D eigenvalue weighted by molar-refractivity contribution is -0.138. The van der Waals surface area contributed by atoms with Gasteiger partial charge in [-0.25, -0.2) is 4.98 Å². The zero-order valence-corrected chi connectivity index (χ0v) is 9.40. The van der Waals surface area contributed by atoms with E-state index in [0.29, 0.717) is 5.82 Å². The average Bonchev–Trinajstić information content (AvgIpc) is 2.60. The van der Waals surface area contributed by atoms with Gasteiger partial charge in [0.15, 0.2) is 0 Å². The molecule has 2 N–H and O–H groups in total. The summed E-state index contributed by atoms with van der Waals surface area (Å²) in [4.78, 5) is 3.78. The zero-order chi connectivity index (χ0) is 13.3. The number of hydrogen-bond donors (Lipinski definition) is 1. The van der Waals surface area contributed by atoms with Crippen molar-refractivity contribution in [3.8, 4) is 11.8 Å². The van der Waals surface area contributed by atoms with Crippen LogP contribution in [0.25, 0.3) is 0 Å². The molecule has 1 heterocycles. The third kappa shape index (κ3) is 2.24. The Kier molecular flexibility index (Phi) is 2.90. The van der Waals surface area contributed by atoms with E-state index in [-0.39, 0.29) is 11.8 Å². The van der Waals surface area contributed by atoms with Gasteiger partial charge in [0, 0.05) is 7.05 Å². The van der Waals surface area contributed by atoms with Crippen molar-refractivity contribution < 1.29 is 17.9 Å². The highest BCUT2D eigenvalue weighted by atomic mass is 19.4. The molecule has 2 rings (SSSR count). The van der Waals surface area contributed by atoms with Gasteiger partial charge in [-0.3, -0.25) is 4.57 Å². The maximum atomic E-state index is 12.7. The van der Waals surface area contributed by atoms with E-state index < -0.39 is 11.7 Å². The highest BCUT2D eigenvalue weighted by Gasteiger charge is 2.34. The number of imidazole rings is 1. The lowest BCUT2D eigenvalue weighted by atomic mass is 10.2. The van der Waals surface area contributed by atoms with Crippen LogP contribution in [0, 0.1) is 0 Å². The van der Waals surface area contributed by atoms with E-state index in [1.54, 1.807) is 7.05 Å². The SMILES string of the molecule is Cn1c(N)cnc1Oc1ccccc1C(F)(F)F. The minimum atomic E-state index is -4.48. The molecule has 18 heavy (non-hydrogen) atoms. The number of nitrogens with two attached hydrogens (primary N) is 1. The molecular weight excluding hydrogens is 247 g/mol. The molecule has 1 aromatic heterocycles. The standard InChI is InChI=1S/C11H10F3N3O/c1-17-9(15)6-16-10(17)18-8-5-3-2-4-7(8)11(12,13)14/h2-6H,15H2,1H3. The summed E-state index contributed by atoms with van der Waals surface area (Å²) in [5.74, 6) is -0.00631. The van der Waals surface area contributed by atoms with Gasteiger partial charge in [0.25, 0.3) is 0 Å². The lowest BCUT2D eigenvalue weighted by Crippen LogP contribution is -2.08. The van der Waals surface area contributed by atoms with Crippen LogP contribution in [0.15, 0.2) is 30.5 Å². The van der Waals surface area contributed by atoms with Gasteiger partial charge < -0.3 is 10.5 Å². The van der Waals surface area contributed by atoms with Crippen LogP contribution in [-0.4, -0.2) is 9.55 Å². The molecule has 96 valence electrons. The van der Waals surface area contributed by atoms with Gasteiger partial charge in [-0.2, -0.15) is 13.2 Å². The van der Waals surface area contributed by atoms with Crippen LogP contribution in [-0.2, 0) is 13.2 Å². The van der Waals surface area contributed by atoms with Gasteiger partial charge in [0.05, 0.1) is 11.8 Å². The third-order valence-electron chi connectivity index (χ3n) is 2.38. The van der Waals surface area contributed by atoms with Crippen LogP contribution in [0.3, 0.4) is 0 Å². The van der Waals surface area contributed by atoms with E-state index in [0.717, 1.165) is 6.07 Å². The summed E-state index contributed by atoms with van der Waals surface area (Å²) < 4.78 is 44.7. The molecular formula is C11H10F3N3O. The van der Waals surface area contributed by atoms with Gasteiger partial charge in [-0.15, -0.1) is 0 Å². The number of alkyl halides is 3. The van der Waals surface area contributed by atoms with Crippen LogP contribution >= 0.6 is 0 Å². The predicted molar refractivity (Wildman–Crippen MR) is 59.1 cm³/mol. The quantitative estimate of drug-likeness (QED) is 0.900. The van der Waals surface area contributed by atoms with Crippen molar-refractivity contribution >= 4 is 5.82 Å². The molecule has 1 aromatic carbocycles. The van der Waals surface area contributed by atoms with Crippen molar-refractivity contribution in [3.05, 3.63) is 36.0 Å². The van der Waals surface area contributed by atoms with Gasteiger partial charge in [0.1, 0.15) is 11.6 Å². The monoisotopic (exact) mass is 257 g/mol. The van der Waals surface area contributed by atoms with E-state index in [9.17, 15) is 13.2 Å². The normalized spacial score (nSPS) is 11.6. The van der Waals surface area contributed by atoms with Crippen molar-refractivity contribution in [1.29, 1.82) is 0 Å². The van der Waals surface area contributed by atoms with Gasteiger partial charge >= 0.3 is 12.2 Å². The number of halogens is 3. The highest BCUT2D eigenvalue weighted by molar-refractivity contribution is 5.39. The Morgan fingerprint density at radius 1 is 1.28 bits per heavy atom. The largest absolute Gasteiger partial charge is 0.425 e. The molecule has 7 heteroatoms. The van der Waals surface area contributed by atoms with Crippen molar-refractivity contribution in [2.24, 2.45) is 7.05 Å². The number of hydrogen-bond acceptors (Lipinski definition) is 3. The number of aromatic nitrogens is 2. The summed E-state index contributed by atoms with van der Waals surface area (Å²) in [7, 11) is 1.55. The molecule has 0 spiro atoms. The predicted octanol–water partition coefficient (Wildman–Crippen LogP) is 2.81. The number of para-hydroxylation sites is 1. The molecule has 0 atom stereocenters. The smallest absolute Gasteiger partial charge is 0.419 e. The van der Waals surface area contributed by atoms with Crippen LogP contribution in [0.2, 0.25) is 0 Å². The molecule has 0 unspecified atom stereocenters. The summed E-state index contributed by atoms with van der Waals surface area (Å²) in [6, 6.07) is 4.93. The van der Waals surface area contributed by atoms with Gasteiger partial charge in [-0.1, -0.05) is 12.1 Å². The fourth-order valence-corrected chi connectivity index (χ4v) is 1.39. The second-order valence-electron chi connectivity index (χ2n) is 3.62. The van der Waals surface area contributed by atoms with E-state index >= 15 is 0 Å². The number of nitrogens with zero attached hydrogens (tertiary/aromatic N) is 2. The Bertz CT molecular complexity index is 563. The molecule has 2 aromatic rings. The Balaban J connectivity index is 2.38. The zero-order valence-electron chi connectivity index (χ0n) is 9.40. The van der Waals surface area contributed by atoms with Crippen molar-refractivity contribution in [2.75, 3.05) is 5.73 Å². The first kappa shape index (κ1) is 12.3. The molecule has 0 saturated carbocycles. The third-order valence-corrected chi connectivity index (χ3v) is 2.38. The Morgan fingerprint density at radius 3 is 2.50 bits per heavy atom. The van der Waals surface area contributed by atoms with Crippen LogP contribution in [0.1, 0.15) is 5.56 Å². The number of rotatable bonds is 2. The molecule has 0 aliphatic carbocycles. The Labute approximate surface area is 101 Å². The summed E-state index contributed by atoms with van der Waals surface area (Å²) in [5, 5.41) is 0. The lowest BCUT2D eigenvalue weighted by Gasteiger charge is -2.12. The fraction of sp³-hybridized carbons (Fsp3) is 0.182. The topological polar surface area (TPSA) is 53.1 Å². The first-order chi connectivity index (χ1) is 8.39. The number of ether oxygens (including phenoxy) is 1. The molecule has 0 radical (unpaired) electrons. The molecule has 4 nitrogen and oxygen atoms in total. The van der Waals surface area contributed by atoms with Crippen molar-refractivity contribution in [2.45, 2.75) is 6.18 Å². The maximum absolute atomic E-state index is 12.7. The average molecular weight is 257 g/mol. The van der Waals surface area contributed by atoms with Crippen LogP contribution in [0.4, 0.5) is 19.0 Å². The molecule has 0 aliphatic rings. The summed E-state index contributed by atoms with van der Waals surface area (Å²) >= 11 is 0. The fourth-order valence-electron chi connectivity index (χ4n) is 1.39. The first-order valence-corrected chi connectivity index (χ1v) is 5.01. The highest BCUT2D eigenvalue weighted by Crippen LogP contribution is 2.37. The summed E-state index contributed by atoms with van der Waals surface area (Å²) in [6.45, 7) is 0. The molecule has 0 amide bonds. The van der Waals surface area contributed by atoms with Gasteiger partial charge in [-0.05, 0) is 12.1 Å². The number of anilines is 1. The van der Waals surface area contributed by atoms with Crippen molar-refractivity contribution in [1.82, 2.24) is 9.55 Å².